The average Bonchev–Trinajstić information content (AvgIpc) is 3.28. The number of benzene rings is 3. The van der Waals surface area contributed by atoms with E-state index in [0.717, 1.165) is 36.5 Å². The normalized spacial score (nSPS) is 15.4. The highest BCUT2D eigenvalue weighted by Gasteiger charge is 2.18. The number of halogens is 2. The fraction of sp³-hybridized carbons (Fsp3) is 0.281. The van der Waals surface area contributed by atoms with Crippen LogP contribution in [-0.2, 0) is 18.2 Å². The molecule has 44 heavy (non-hydrogen) atoms. The van der Waals surface area contributed by atoms with Crippen LogP contribution in [0.4, 0.5) is 8.78 Å². The molecule has 1 aromatic heterocycles. The van der Waals surface area contributed by atoms with Crippen LogP contribution >= 0.6 is 0 Å². The molecule has 1 N–H and O–H groups in total. The van der Waals surface area contributed by atoms with Gasteiger partial charge in [0.05, 0.1) is 22.7 Å². The second-order valence-corrected chi connectivity index (χ2v) is 10.2. The van der Waals surface area contributed by atoms with E-state index < -0.39 is 23.8 Å². The second kappa shape index (κ2) is 13.4. The molecule has 12 heteroatoms. The van der Waals surface area contributed by atoms with Crippen LogP contribution in [0.25, 0.3) is 11.0 Å². The van der Waals surface area contributed by atoms with Crippen molar-refractivity contribution < 1.29 is 32.9 Å². The number of carboxylic acids is 1. The molecule has 6 rings (SSSR count). The number of aliphatic imine (C=N–C) groups is 2. The molecule has 2 aliphatic rings. The molecular formula is C32H29F2N5O5. The zero-order valence-electron chi connectivity index (χ0n) is 24.1. The van der Waals surface area contributed by atoms with Crippen molar-refractivity contribution in [3.8, 4) is 17.6 Å². The number of ether oxygens (including phenoxy) is 3. The number of carboxylic acid groups (broad SMARTS) is 1. The summed E-state index contributed by atoms with van der Waals surface area (Å²) >= 11 is 0. The number of nitrogens with zero attached hydrogens (tertiary/aromatic N) is 5. The number of nitriles is 1. The molecule has 2 aliphatic heterocycles. The van der Waals surface area contributed by atoms with Gasteiger partial charge in [-0.15, -0.1) is 0 Å². The lowest BCUT2D eigenvalue weighted by atomic mass is 10.1. The molecule has 0 aliphatic carbocycles. The average molecular weight is 602 g/mol. The largest absolute Gasteiger partial charge is 0.483 e. The molecule has 0 amide bonds. The van der Waals surface area contributed by atoms with Crippen molar-refractivity contribution in [1.82, 2.24) is 9.55 Å². The summed E-state index contributed by atoms with van der Waals surface area (Å²) in [6.45, 7) is 3.86. The summed E-state index contributed by atoms with van der Waals surface area (Å²) in [6.07, 6.45) is 3.24. The van der Waals surface area contributed by atoms with E-state index >= 15 is 0 Å². The number of imidazole rings is 1. The number of hydrogen-bond donors (Lipinski definition) is 1. The Bertz CT molecular complexity index is 1800. The molecule has 0 saturated carbocycles. The summed E-state index contributed by atoms with van der Waals surface area (Å²) in [7, 11) is 1.72. The Kier molecular flexibility index (Phi) is 9.26. The van der Waals surface area contributed by atoms with Gasteiger partial charge in [0.1, 0.15) is 23.7 Å². The van der Waals surface area contributed by atoms with Gasteiger partial charge in [-0.1, -0.05) is 6.07 Å². The van der Waals surface area contributed by atoms with E-state index in [1.807, 2.05) is 25.1 Å². The molecule has 3 aromatic carbocycles. The Morgan fingerprint density at radius 2 is 1.93 bits per heavy atom. The Hall–Kier alpha value is -5.15. The third-order valence-corrected chi connectivity index (χ3v) is 7.05. The molecule has 0 bridgehead atoms. The number of aromatic nitrogens is 2. The van der Waals surface area contributed by atoms with Crippen molar-refractivity contribution in [1.29, 1.82) is 5.26 Å². The van der Waals surface area contributed by atoms with Gasteiger partial charge in [-0.2, -0.15) is 5.26 Å². The van der Waals surface area contributed by atoms with Crippen LogP contribution in [0.1, 0.15) is 45.7 Å². The maximum Gasteiger partial charge on any atom is 0.335 e. The number of aryl methyl sites for hydroxylation is 2. The van der Waals surface area contributed by atoms with Gasteiger partial charge in [-0.25, -0.2) is 28.5 Å². The molecule has 226 valence electrons. The zero-order valence-corrected chi connectivity index (χ0v) is 24.1. The molecule has 1 fully saturated rings. The first-order valence-corrected chi connectivity index (χ1v) is 13.9. The van der Waals surface area contributed by atoms with Crippen LogP contribution in [0.2, 0.25) is 0 Å². The van der Waals surface area contributed by atoms with E-state index in [9.17, 15) is 18.7 Å². The lowest BCUT2D eigenvalue weighted by Crippen LogP contribution is -2.23. The van der Waals surface area contributed by atoms with Crippen LogP contribution in [-0.4, -0.2) is 58.7 Å². The zero-order chi connectivity index (χ0) is 31.2. The smallest absolute Gasteiger partial charge is 0.335 e. The Morgan fingerprint density at radius 3 is 2.59 bits per heavy atom. The van der Waals surface area contributed by atoms with Gasteiger partial charge in [-0.05, 0) is 66.9 Å². The van der Waals surface area contributed by atoms with Crippen LogP contribution in [0.15, 0.2) is 58.5 Å². The standard InChI is InChI=1S/C29H23F2N5O4.C3H6O/c1-16-9-20(40-27-7-8-33-25(34-27)15-39-24-6-3-17(14-32)10-21(24)30)5-4-18(16)13-26-35-28-22(31)11-19(29(37)38)12-23(28)36(26)2;1-2-4-3-1/h3-6,8-12,27H,7,13,15H2,1-2H3,(H,37,38);1-3H2. The molecule has 3 heterocycles. The van der Waals surface area contributed by atoms with Crippen LogP contribution in [0.3, 0.4) is 0 Å². The number of rotatable bonds is 8. The fourth-order valence-corrected chi connectivity index (χ4v) is 4.47. The minimum atomic E-state index is -1.21. The van der Waals surface area contributed by atoms with Gasteiger partial charge in [0.2, 0.25) is 0 Å². The quantitative estimate of drug-likeness (QED) is 0.287. The summed E-state index contributed by atoms with van der Waals surface area (Å²) in [4.78, 5) is 24.4. The lowest BCUT2D eigenvalue weighted by Gasteiger charge is -2.18. The third kappa shape index (κ3) is 7.07. The predicted molar refractivity (Wildman–Crippen MR) is 159 cm³/mol. The van der Waals surface area contributed by atoms with Crippen molar-refractivity contribution in [2.45, 2.75) is 32.4 Å². The molecule has 1 unspecified atom stereocenters. The topological polar surface area (TPSA) is 131 Å². The number of hydrogen-bond acceptors (Lipinski definition) is 8. The molecule has 0 spiro atoms. The summed E-state index contributed by atoms with van der Waals surface area (Å²) < 4.78 is 46.5. The Labute approximate surface area is 251 Å². The summed E-state index contributed by atoms with van der Waals surface area (Å²) in [5.74, 6) is -1.01. The molecule has 0 radical (unpaired) electrons. The van der Waals surface area contributed by atoms with E-state index in [0.29, 0.717) is 35.8 Å². The maximum absolute atomic E-state index is 14.5. The maximum atomic E-state index is 14.5. The van der Waals surface area contributed by atoms with Crippen LogP contribution in [0, 0.1) is 29.9 Å². The molecule has 10 nitrogen and oxygen atoms in total. The molecular weight excluding hydrogens is 572 g/mol. The molecule has 4 aromatic rings. The van der Waals surface area contributed by atoms with Crippen LogP contribution in [0.5, 0.6) is 11.5 Å². The van der Waals surface area contributed by atoms with Crippen molar-refractivity contribution in [3.05, 3.63) is 88.2 Å². The van der Waals surface area contributed by atoms with E-state index in [2.05, 4.69) is 15.0 Å². The summed E-state index contributed by atoms with van der Waals surface area (Å²) in [5.41, 5.74) is 2.46. The van der Waals surface area contributed by atoms with Gasteiger partial charge >= 0.3 is 5.97 Å². The SMILES string of the molecule is C1COC1.Cc1cc(OC2CC=NC(COc3ccc(C#N)cc3F)=N2)ccc1Cc1nc2c(F)cc(C(=O)O)cc2n1C. The minimum Gasteiger partial charge on any atom is -0.483 e. The highest BCUT2D eigenvalue weighted by molar-refractivity contribution is 5.93. The summed E-state index contributed by atoms with van der Waals surface area (Å²) in [6, 6.07) is 13.8. The first-order valence-electron chi connectivity index (χ1n) is 13.9. The molecule has 1 saturated heterocycles. The van der Waals surface area contributed by atoms with Gasteiger partial charge < -0.3 is 23.9 Å². The Balaban J connectivity index is 0.000000888. The van der Waals surface area contributed by atoms with E-state index in [1.54, 1.807) is 23.9 Å². The highest BCUT2D eigenvalue weighted by atomic mass is 19.1. The van der Waals surface area contributed by atoms with Gasteiger partial charge in [0.15, 0.2) is 29.4 Å². The first kappa shape index (κ1) is 30.3. The lowest BCUT2D eigenvalue weighted by molar-refractivity contribution is 0.0367. The fourth-order valence-electron chi connectivity index (χ4n) is 4.47. The second-order valence-electron chi connectivity index (χ2n) is 10.2. The van der Waals surface area contributed by atoms with Crippen molar-refractivity contribution in [3.63, 3.8) is 0 Å². The van der Waals surface area contributed by atoms with Gasteiger partial charge in [-0.3, -0.25) is 0 Å². The minimum absolute atomic E-state index is 0.00294. The number of fused-ring (bicyclic) bond motifs is 1. The Morgan fingerprint density at radius 1 is 1.16 bits per heavy atom. The van der Waals surface area contributed by atoms with Crippen molar-refractivity contribution in [2.24, 2.45) is 17.0 Å². The van der Waals surface area contributed by atoms with Gasteiger partial charge in [0, 0.05) is 39.3 Å². The van der Waals surface area contributed by atoms with E-state index in [4.69, 9.17) is 19.5 Å². The highest BCUT2D eigenvalue weighted by Crippen LogP contribution is 2.26. The van der Waals surface area contributed by atoms with Crippen molar-refractivity contribution >= 4 is 29.1 Å². The van der Waals surface area contributed by atoms with E-state index in [1.165, 1.54) is 24.6 Å². The molecule has 1 atom stereocenters. The summed E-state index contributed by atoms with van der Waals surface area (Å²) in [5, 5.41) is 18.1. The predicted octanol–water partition coefficient (Wildman–Crippen LogP) is 5.38. The number of carbonyl (C=O) groups is 1. The number of aromatic carboxylic acids is 1. The third-order valence-electron chi connectivity index (χ3n) is 7.05. The van der Waals surface area contributed by atoms with Crippen LogP contribution < -0.4 is 9.47 Å². The van der Waals surface area contributed by atoms with Gasteiger partial charge in [0.25, 0.3) is 0 Å². The first-order chi connectivity index (χ1) is 21.2. The number of amidine groups is 1. The monoisotopic (exact) mass is 601 g/mol. The van der Waals surface area contributed by atoms with E-state index in [-0.39, 0.29) is 29.0 Å². The van der Waals surface area contributed by atoms with Crippen molar-refractivity contribution in [2.75, 3.05) is 19.8 Å².